The number of fused-ring (bicyclic) bond motifs is 3. The third-order valence-electron chi connectivity index (χ3n) is 10.6. The minimum absolute atomic E-state index is 0.167. The zero-order valence-corrected chi connectivity index (χ0v) is 22.1. The van der Waals surface area contributed by atoms with Gasteiger partial charge in [-0.1, -0.05) is 6.92 Å². The van der Waals surface area contributed by atoms with Gasteiger partial charge in [0.1, 0.15) is 6.10 Å². The first kappa shape index (κ1) is 26.4. The highest BCUT2D eigenvalue weighted by Gasteiger charge is 2.77. The standard InChI is InChI=1S/C27H42O9/c1-6-33-22(30)18-8-10-27(32)17-7-9-25(31)12-16(35-15(2)28)11-20-26(25,14-34-23(3,4)36-20)21(17)19(29)13-24(18,27)5/h16-21,29,31-32H,6-14H2,1-5H3/t16-,17+,18+,19+,20+,21+,24+,25-,26+,27+/m0/s1. The molecule has 9 nitrogen and oxygen atoms in total. The van der Waals surface area contributed by atoms with Crippen LogP contribution in [0.2, 0.25) is 0 Å². The zero-order valence-electron chi connectivity index (χ0n) is 22.1. The molecule has 5 rings (SSSR count). The van der Waals surface area contributed by atoms with E-state index >= 15 is 0 Å². The van der Waals surface area contributed by atoms with E-state index in [1.54, 1.807) is 6.92 Å². The lowest BCUT2D eigenvalue weighted by Gasteiger charge is -2.70. The number of carbonyl (C=O) groups excluding carboxylic acids is 2. The predicted molar refractivity (Wildman–Crippen MR) is 126 cm³/mol. The molecule has 204 valence electrons. The highest BCUT2D eigenvalue weighted by atomic mass is 16.7. The molecule has 0 unspecified atom stereocenters. The minimum atomic E-state index is -1.31. The summed E-state index contributed by atoms with van der Waals surface area (Å²) in [6, 6.07) is 0. The number of carbonyl (C=O) groups is 2. The van der Waals surface area contributed by atoms with Crippen molar-refractivity contribution < 1.29 is 43.9 Å². The normalized spacial score (nSPS) is 51.2. The molecule has 1 aliphatic heterocycles. The van der Waals surface area contributed by atoms with Crippen molar-refractivity contribution in [3.63, 3.8) is 0 Å². The Hall–Kier alpha value is -1.26. The molecule has 4 aliphatic carbocycles. The van der Waals surface area contributed by atoms with E-state index in [1.165, 1.54) is 6.92 Å². The molecule has 1 saturated heterocycles. The molecule has 0 aromatic rings. The first-order valence-electron chi connectivity index (χ1n) is 13.5. The summed E-state index contributed by atoms with van der Waals surface area (Å²) in [7, 11) is 0. The minimum Gasteiger partial charge on any atom is -0.466 e. The summed E-state index contributed by atoms with van der Waals surface area (Å²) in [4.78, 5) is 24.7. The Balaban J connectivity index is 1.57. The number of esters is 2. The van der Waals surface area contributed by atoms with E-state index in [1.807, 2.05) is 20.8 Å². The molecule has 9 heteroatoms. The van der Waals surface area contributed by atoms with E-state index in [2.05, 4.69) is 0 Å². The molecule has 0 aromatic heterocycles. The molecular formula is C27H42O9. The predicted octanol–water partition coefficient (Wildman–Crippen LogP) is 2.08. The second kappa shape index (κ2) is 8.37. The first-order chi connectivity index (χ1) is 16.7. The van der Waals surface area contributed by atoms with E-state index in [4.69, 9.17) is 18.9 Å². The summed E-state index contributed by atoms with van der Waals surface area (Å²) < 4.78 is 23.5. The van der Waals surface area contributed by atoms with Crippen molar-refractivity contribution in [2.45, 2.75) is 115 Å². The van der Waals surface area contributed by atoms with Crippen LogP contribution >= 0.6 is 0 Å². The molecule has 0 bridgehead atoms. The lowest BCUT2D eigenvalue weighted by molar-refractivity contribution is -0.401. The Morgan fingerprint density at radius 1 is 1.08 bits per heavy atom. The summed E-state index contributed by atoms with van der Waals surface area (Å²) in [5.74, 6) is -2.99. The Morgan fingerprint density at radius 2 is 1.81 bits per heavy atom. The molecule has 5 aliphatic rings. The van der Waals surface area contributed by atoms with E-state index in [0.29, 0.717) is 32.1 Å². The molecule has 4 saturated carbocycles. The molecule has 3 N–H and O–H groups in total. The smallest absolute Gasteiger partial charge is 0.309 e. The van der Waals surface area contributed by atoms with E-state index in [9.17, 15) is 24.9 Å². The summed E-state index contributed by atoms with van der Waals surface area (Å²) in [6.45, 7) is 9.11. The van der Waals surface area contributed by atoms with Gasteiger partial charge in [-0.25, -0.2) is 0 Å². The Labute approximate surface area is 212 Å². The molecular weight excluding hydrogens is 468 g/mol. The Morgan fingerprint density at radius 3 is 2.47 bits per heavy atom. The van der Waals surface area contributed by atoms with Crippen LogP contribution in [0.3, 0.4) is 0 Å². The maximum Gasteiger partial charge on any atom is 0.309 e. The van der Waals surface area contributed by atoms with Gasteiger partial charge in [-0.3, -0.25) is 9.59 Å². The fraction of sp³-hybridized carbons (Fsp3) is 0.926. The van der Waals surface area contributed by atoms with Crippen LogP contribution in [-0.4, -0.2) is 75.8 Å². The van der Waals surface area contributed by atoms with Crippen LogP contribution in [0.1, 0.15) is 79.6 Å². The highest BCUT2D eigenvalue weighted by Crippen LogP contribution is 2.71. The van der Waals surface area contributed by atoms with Crippen molar-refractivity contribution in [2.24, 2.45) is 28.6 Å². The van der Waals surface area contributed by atoms with Crippen LogP contribution in [0, 0.1) is 28.6 Å². The van der Waals surface area contributed by atoms with Gasteiger partial charge in [-0.2, -0.15) is 0 Å². The van der Waals surface area contributed by atoms with Gasteiger partial charge in [0.2, 0.25) is 0 Å². The van der Waals surface area contributed by atoms with Crippen LogP contribution in [0.25, 0.3) is 0 Å². The topological polar surface area (TPSA) is 132 Å². The molecule has 0 amide bonds. The largest absolute Gasteiger partial charge is 0.466 e. The van der Waals surface area contributed by atoms with Gasteiger partial charge in [0.25, 0.3) is 0 Å². The number of rotatable bonds is 3. The van der Waals surface area contributed by atoms with E-state index < -0.39 is 63.9 Å². The molecule has 1 heterocycles. The number of aliphatic hydroxyl groups is 3. The fourth-order valence-corrected chi connectivity index (χ4v) is 9.19. The van der Waals surface area contributed by atoms with Crippen molar-refractivity contribution in [2.75, 3.05) is 13.2 Å². The summed E-state index contributed by atoms with van der Waals surface area (Å²) in [5, 5.41) is 36.4. The lowest BCUT2D eigenvalue weighted by atomic mass is 9.40. The quantitative estimate of drug-likeness (QED) is 0.488. The average molecular weight is 511 g/mol. The van der Waals surface area contributed by atoms with Crippen molar-refractivity contribution in [3.05, 3.63) is 0 Å². The third-order valence-corrected chi connectivity index (χ3v) is 10.6. The molecule has 0 radical (unpaired) electrons. The van der Waals surface area contributed by atoms with Crippen molar-refractivity contribution in [1.82, 2.24) is 0 Å². The van der Waals surface area contributed by atoms with Crippen molar-refractivity contribution >= 4 is 11.9 Å². The summed E-state index contributed by atoms with van der Waals surface area (Å²) >= 11 is 0. The van der Waals surface area contributed by atoms with Gasteiger partial charge in [-0.05, 0) is 58.8 Å². The number of hydrogen-bond acceptors (Lipinski definition) is 9. The van der Waals surface area contributed by atoms with Gasteiger partial charge in [0.05, 0.1) is 48.0 Å². The maximum atomic E-state index is 12.9. The molecule has 36 heavy (non-hydrogen) atoms. The highest BCUT2D eigenvalue weighted by molar-refractivity contribution is 5.74. The van der Waals surface area contributed by atoms with Crippen molar-refractivity contribution in [3.8, 4) is 0 Å². The lowest BCUT2D eigenvalue weighted by Crippen LogP contribution is -2.78. The van der Waals surface area contributed by atoms with Crippen LogP contribution in [-0.2, 0) is 28.5 Å². The third kappa shape index (κ3) is 3.45. The van der Waals surface area contributed by atoms with Crippen LogP contribution in [0.4, 0.5) is 0 Å². The van der Waals surface area contributed by atoms with Crippen molar-refractivity contribution in [1.29, 1.82) is 0 Å². The van der Waals surface area contributed by atoms with Gasteiger partial charge < -0.3 is 34.3 Å². The van der Waals surface area contributed by atoms with Gasteiger partial charge in [-0.15, -0.1) is 0 Å². The van der Waals surface area contributed by atoms with Gasteiger partial charge >= 0.3 is 11.9 Å². The monoisotopic (exact) mass is 510 g/mol. The van der Waals surface area contributed by atoms with Crippen LogP contribution < -0.4 is 0 Å². The zero-order chi connectivity index (χ0) is 26.3. The molecule has 0 aromatic carbocycles. The number of ether oxygens (including phenoxy) is 4. The Bertz CT molecular complexity index is 921. The Kier molecular flexibility index (Phi) is 6.13. The van der Waals surface area contributed by atoms with E-state index in [-0.39, 0.29) is 37.9 Å². The van der Waals surface area contributed by atoms with Gasteiger partial charge in [0, 0.05) is 31.1 Å². The van der Waals surface area contributed by atoms with Crippen LogP contribution in [0.15, 0.2) is 0 Å². The first-order valence-corrected chi connectivity index (χ1v) is 13.5. The molecule has 5 fully saturated rings. The maximum absolute atomic E-state index is 12.9. The SMILES string of the molecule is CCOC(=O)[C@H]1CC[C@@]2(O)[C@@H]3CC[C@]4(O)C[C@@H](OC(C)=O)C[C@H]5OC(C)(C)OC[C@]54[C@H]3[C@H](O)C[C@]12C. The second-order valence-electron chi connectivity index (χ2n) is 12.7. The molecule has 10 atom stereocenters. The average Bonchev–Trinajstić information content (AvgIpc) is 3.02. The van der Waals surface area contributed by atoms with E-state index in [0.717, 1.165) is 0 Å². The van der Waals surface area contributed by atoms with Crippen LogP contribution in [0.5, 0.6) is 0 Å². The van der Waals surface area contributed by atoms with Gasteiger partial charge in [0.15, 0.2) is 5.79 Å². The summed E-state index contributed by atoms with van der Waals surface area (Å²) in [5.41, 5.74) is -4.33. The molecule has 1 spiro atoms. The number of aliphatic hydroxyl groups excluding tert-OH is 1. The number of hydrogen-bond donors (Lipinski definition) is 3. The fourth-order valence-electron chi connectivity index (χ4n) is 9.19. The second-order valence-corrected chi connectivity index (χ2v) is 12.7. The summed E-state index contributed by atoms with van der Waals surface area (Å²) in [6.07, 6.45) is 0.652.